The Balaban J connectivity index is 3.05. The fourth-order valence-corrected chi connectivity index (χ4v) is 1.30. The molecule has 0 aromatic rings. The molecule has 6 heteroatoms. The van der Waals surface area contributed by atoms with Crippen molar-refractivity contribution in [3.05, 3.63) is 23.1 Å². The second-order valence-corrected chi connectivity index (χ2v) is 3.29. The summed E-state index contributed by atoms with van der Waals surface area (Å²) in [6, 6.07) is 0. The Labute approximate surface area is 98.0 Å². The van der Waals surface area contributed by atoms with Crippen LogP contribution in [0.5, 0.6) is 0 Å². The van der Waals surface area contributed by atoms with Crippen LogP contribution in [-0.4, -0.2) is 24.2 Å². The van der Waals surface area contributed by atoms with Crippen LogP contribution in [0.15, 0.2) is 23.1 Å². The van der Waals surface area contributed by atoms with Crippen LogP contribution in [0.25, 0.3) is 0 Å². The average molecular weight is 246 g/mol. The number of carbonyl (C=O) groups excluding carboxylic acids is 2. The van der Waals surface area contributed by atoms with Crippen molar-refractivity contribution < 1.29 is 19.2 Å². The molecule has 0 unspecified atom stereocenters. The number of alkyl halides is 1. The Morgan fingerprint density at radius 3 is 2.69 bits per heavy atom. The van der Waals surface area contributed by atoms with Crippen LogP contribution in [0.4, 0.5) is 0 Å². The summed E-state index contributed by atoms with van der Waals surface area (Å²) in [4.78, 5) is 28.0. The molecular formula is C10H12ClNO4. The largest absolute Gasteiger partial charge is 0.462 e. The maximum Gasteiger partial charge on any atom is 0.344 e. The number of rotatable bonds is 4. The molecule has 0 radical (unpaired) electrons. The first-order valence-electron chi connectivity index (χ1n) is 4.71. The van der Waals surface area contributed by atoms with E-state index in [1.165, 1.54) is 6.08 Å². The zero-order valence-electron chi connectivity index (χ0n) is 9.00. The van der Waals surface area contributed by atoms with E-state index in [4.69, 9.17) is 21.2 Å². The molecule has 0 saturated heterocycles. The first kappa shape index (κ1) is 12.6. The van der Waals surface area contributed by atoms with Crippen molar-refractivity contribution in [2.75, 3.05) is 12.5 Å². The third kappa shape index (κ3) is 2.76. The van der Waals surface area contributed by atoms with E-state index in [1.807, 2.05) is 0 Å². The van der Waals surface area contributed by atoms with Gasteiger partial charge >= 0.3 is 5.97 Å². The molecule has 1 heterocycles. The van der Waals surface area contributed by atoms with Crippen LogP contribution >= 0.6 is 11.6 Å². The number of Topliss-reactive ketones (excluding diaryl/α,β-unsaturated/α-hetero) is 1. The van der Waals surface area contributed by atoms with E-state index in [0.29, 0.717) is 5.76 Å². The quantitative estimate of drug-likeness (QED) is 0.264. The Bertz CT molecular complexity index is 373. The highest BCUT2D eigenvalue weighted by Crippen LogP contribution is 2.16. The molecule has 1 rings (SSSR count). The van der Waals surface area contributed by atoms with Gasteiger partial charge in [-0.2, -0.15) is 0 Å². The maximum atomic E-state index is 11.6. The van der Waals surface area contributed by atoms with Gasteiger partial charge in [-0.15, -0.1) is 11.6 Å². The molecule has 0 fully saturated rings. The molecule has 88 valence electrons. The molecule has 0 aromatic heterocycles. The first-order chi connectivity index (χ1) is 7.60. The standard InChI is InChI=1S/C10H12ClNO4/c1-3-15-10(14)9(8(13)5-11)7-4-6(2)16-12-7/h4,12H,3,5H2,1-2H3/b9-7-. The molecule has 0 spiro atoms. The predicted octanol–water partition coefficient (Wildman–Crippen LogP) is 1.05. The van der Waals surface area contributed by atoms with Gasteiger partial charge in [0.25, 0.3) is 0 Å². The van der Waals surface area contributed by atoms with Gasteiger partial charge in [-0.05, 0) is 13.8 Å². The second-order valence-electron chi connectivity index (χ2n) is 3.03. The smallest absolute Gasteiger partial charge is 0.344 e. The summed E-state index contributed by atoms with van der Waals surface area (Å²) in [7, 11) is 0. The van der Waals surface area contributed by atoms with Crippen LogP contribution in [0, 0.1) is 0 Å². The van der Waals surface area contributed by atoms with Gasteiger partial charge in [0.05, 0.1) is 18.2 Å². The van der Waals surface area contributed by atoms with Gasteiger partial charge in [0.1, 0.15) is 11.3 Å². The Hall–Kier alpha value is -1.49. The van der Waals surface area contributed by atoms with Crippen LogP contribution in [0.2, 0.25) is 0 Å². The van der Waals surface area contributed by atoms with Crippen LogP contribution < -0.4 is 5.48 Å². The molecule has 16 heavy (non-hydrogen) atoms. The number of nitrogens with one attached hydrogen (secondary N) is 1. The minimum atomic E-state index is -0.704. The van der Waals surface area contributed by atoms with Gasteiger partial charge in [0.2, 0.25) is 0 Å². The molecular weight excluding hydrogens is 234 g/mol. The molecule has 0 aliphatic carbocycles. The van der Waals surface area contributed by atoms with Gasteiger partial charge in [-0.25, -0.2) is 10.3 Å². The van der Waals surface area contributed by atoms with E-state index in [-0.39, 0.29) is 23.8 Å². The molecule has 0 saturated carbocycles. The third-order valence-electron chi connectivity index (χ3n) is 1.82. The fourth-order valence-electron chi connectivity index (χ4n) is 1.16. The summed E-state index contributed by atoms with van der Waals surface area (Å²) in [5.74, 6) is -0.937. The molecule has 5 nitrogen and oxygen atoms in total. The molecule has 1 aliphatic heterocycles. The molecule has 0 amide bonds. The van der Waals surface area contributed by atoms with Gasteiger partial charge in [0, 0.05) is 6.08 Å². The number of allylic oxidation sites excluding steroid dienone is 2. The van der Waals surface area contributed by atoms with Crippen LogP contribution in [0.3, 0.4) is 0 Å². The van der Waals surface area contributed by atoms with E-state index in [2.05, 4.69) is 5.48 Å². The molecule has 0 bridgehead atoms. The van der Waals surface area contributed by atoms with E-state index in [0.717, 1.165) is 0 Å². The van der Waals surface area contributed by atoms with E-state index in [9.17, 15) is 9.59 Å². The summed E-state index contributed by atoms with van der Waals surface area (Å²) >= 11 is 5.43. The molecule has 0 atom stereocenters. The zero-order valence-corrected chi connectivity index (χ0v) is 9.76. The number of halogens is 1. The maximum absolute atomic E-state index is 11.6. The normalized spacial score (nSPS) is 17.1. The number of ketones is 1. The van der Waals surface area contributed by atoms with Crippen molar-refractivity contribution in [3.63, 3.8) is 0 Å². The van der Waals surface area contributed by atoms with E-state index >= 15 is 0 Å². The number of hydroxylamine groups is 1. The van der Waals surface area contributed by atoms with Crippen molar-refractivity contribution in [3.8, 4) is 0 Å². The number of hydrogen-bond donors (Lipinski definition) is 1. The fraction of sp³-hybridized carbons (Fsp3) is 0.400. The summed E-state index contributed by atoms with van der Waals surface area (Å²) in [6.45, 7) is 3.54. The average Bonchev–Trinajstić information content (AvgIpc) is 2.65. The summed E-state index contributed by atoms with van der Waals surface area (Å²) in [6.07, 6.45) is 1.54. The van der Waals surface area contributed by atoms with Crippen molar-refractivity contribution in [2.24, 2.45) is 0 Å². The SMILES string of the molecule is CCOC(=O)/C(C(=O)CCl)=C1/C=C(C)ON1. The molecule has 1 aliphatic rings. The van der Waals surface area contributed by atoms with Crippen molar-refractivity contribution in [1.29, 1.82) is 0 Å². The van der Waals surface area contributed by atoms with Crippen molar-refractivity contribution in [2.45, 2.75) is 13.8 Å². The lowest BCUT2D eigenvalue weighted by molar-refractivity contribution is -0.139. The lowest BCUT2D eigenvalue weighted by Gasteiger charge is -2.07. The highest BCUT2D eigenvalue weighted by molar-refractivity contribution is 6.34. The van der Waals surface area contributed by atoms with Gasteiger partial charge < -0.3 is 9.57 Å². The highest BCUT2D eigenvalue weighted by Gasteiger charge is 2.25. The van der Waals surface area contributed by atoms with E-state index in [1.54, 1.807) is 13.8 Å². The molecule has 0 aromatic carbocycles. The lowest BCUT2D eigenvalue weighted by atomic mass is 10.1. The van der Waals surface area contributed by atoms with Gasteiger partial charge in [-0.3, -0.25) is 4.79 Å². The number of hydrogen-bond acceptors (Lipinski definition) is 5. The first-order valence-corrected chi connectivity index (χ1v) is 5.25. The van der Waals surface area contributed by atoms with Gasteiger partial charge in [0.15, 0.2) is 5.78 Å². The third-order valence-corrected chi connectivity index (χ3v) is 2.06. The predicted molar refractivity (Wildman–Crippen MR) is 57.4 cm³/mol. The summed E-state index contributed by atoms with van der Waals surface area (Å²) in [5.41, 5.74) is 2.63. The van der Waals surface area contributed by atoms with Gasteiger partial charge in [-0.1, -0.05) is 0 Å². The van der Waals surface area contributed by atoms with Crippen LogP contribution in [0.1, 0.15) is 13.8 Å². The Morgan fingerprint density at radius 1 is 1.56 bits per heavy atom. The van der Waals surface area contributed by atoms with Crippen molar-refractivity contribution >= 4 is 23.4 Å². The highest BCUT2D eigenvalue weighted by atomic mass is 35.5. The second kappa shape index (κ2) is 5.55. The molecule has 1 N–H and O–H groups in total. The number of carbonyl (C=O) groups is 2. The summed E-state index contributed by atoms with van der Waals surface area (Å²) < 4.78 is 4.77. The van der Waals surface area contributed by atoms with E-state index < -0.39 is 11.8 Å². The van der Waals surface area contributed by atoms with Crippen LogP contribution in [-0.2, 0) is 19.2 Å². The van der Waals surface area contributed by atoms with Crippen molar-refractivity contribution in [1.82, 2.24) is 5.48 Å². The zero-order chi connectivity index (χ0) is 12.1. The monoisotopic (exact) mass is 245 g/mol. The Kier molecular flexibility index (Phi) is 4.37. The topological polar surface area (TPSA) is 64.6 Å². The lowest BCUT2D eigenvalue weighted by Crippen LogP contribution is -2.22. The number of esters is 1. The Morgan fingerprint density at radius 2 is 2.25 bits per heavy atom. The summed E-state index contributed by atoms with van der Waals surface area (Å²) in [5, 5.41) is 0. The minimum Gasteiger partial charge on any atom is -0.462 e. The minimum absolute atomic E-state index is 0.117. The number of ether oxygens (including phenoxy) is 1.